The molecule has 1 unspecified atom stereocenters. The fourth-order valence-corrected chi connectivity index (χ4v) is 3.30. The summed E-state index contributed by atoms with van der Waals surface area (Å²) in [6.45, 7) is 5.59. The first-order valence-electron chi connectivity index (χ1n) is 9.72. The summed E-state index contributed by atoms with van der Waals surface area (Å²) in [6.07, 6.45) is 0.794. The molecule has 0 spiro atoms. The zero-order chi connectivity index (χ0) is 20.2. The number of carbonyl (C=O) groups excluding carboxylic acids is 1. The highest BCUT2D eigenvalue weighted by atomic mass is 16.5. The molecular formula is C22H24N4O3. The number of nitrogens with zero attached hydrogens (tertiary/aromatic N) is 3. The van der Waals surface area contributed by atoms with Crippen molar-refractivity contribution in [1.29, 1.82) is 0 Å². The van der Waals surface area contributed by atoms with Crippen molar-refractivity contribution in [3.63, 3.8) is 0 Å². The second kappa shape index (κ2) is 8.34. The summed E-state index contributed by atoms with van der Waals surface area (Å²) in [4.78, 5) is 18.4. The molecule has 1 aliphatic rings. The highest BCUT2D eigenvalue weighted by Crippen LogP contribution is 2.23. The second-order valence-electron chi connectivity index (χ2n) is 7.28. The van der Waals surface area contributed by atoms with Gasteiger partial charge in [-0.2, -0.15) is 4.98 Å². The minimum absolute atomic E-state index is 0.0154. The third kappa shape index (κ3) is 4.74. The molecule has 29 heavy (non-hydrogen) atoms. The number of hydrogen-bond acceptors (Lipinski definition) is 5. The third-order valence-corrected chi connectivity index (χ3v) is 4.94. The Morgan fingerprint density at radius 3 is 2.62 bits per heavy atom. The van der Waals surface area contributed by atoms with E-state index in [1.54, 1.807) is 11.8 Å². The van der Waals surface area contributed by atoms with Crippen molar-refractivity contribution in [3.8, 4) is 17.1 Å². The minimum Gasteiger partial charge on any atom is -0.489 e. The monoisotopic (exact) mass is 392 g/mol. The van der Waals surface area contributed by atoms with Crippen LogP contribution in [0.25, 0.3) is 11.4 Å². The largest absolute Gasteiger partial charge is 0.489 e. The van der Waals surface area contributed by atoms with Gasteiger partial charge in [0.25, 0.3) is 0 Å². The predicted molar refractivity (Wildman–Crippen MR) is 108 cm³/mol. The van der Waals surface area contributed by atoms with Gasteiger partial charge in [0.1, 0.15) is 11.9 Å². The van der Waals surface area contributed by atoms with E-state index in [1.807, 2.05) is 55.5 Å². The van der Waals surface area contributed by atoms with Crippen LogP contribution in [0.2, 0.25) is 0 Å². The van der Waals surface area contributed by atoms with E-state index in [-0.39, 0.29) is 12.1 Å². The standard InChI is InChI=1S/C22H24N4O3/c1-15-3-5-17(6-4-15)13-23-22(27)26-12-11-20(14-26)28-19-9-7-18(8-10-19)21-24-16(2)29-25-21/h3-10,20H,11-14H2,1-2H3,(H,23,27). The number of nitrogens with one attached hydrogen (secondary N) is 1. The van der Waals surface area contributed by atoms with Gasteiger partial charge in [-0.15, -0.1) is 0 Å². The summed E-state index contributed by atoms with van der Waals surface area (Å²) < 4.78 is 11.1. The lowest BCUT2D eigenvalue weighted by atomic mass is 10.1. The maximum absolute atomic E-state index is 12.4. The molecular weight excluding hydrogens is 368 g/mol. The van der Waals surface area contributed by atoms with Gasteiger partial charge in [-0.25, -0.2) is 4.79 Å². The van der Waals surface area contributed by atoms with Crippen LogP contribution < -0.4 is 10.1 Å². The van der Waals surface area contributed by atoms with E-state index in [4.69, 9.17) is 9.26 Å². The lowest BCUT2D eigenvalue weighted by molar-refractivity contribution is 0.186. The fraction of sp³-hybridized carbons (Fsp3) is 0.318. The lowest BCUT2D eigenvalue weighted by Crippen LogP contribution is -2.39. The fourth-order valence-electron chi connectivity index (χ4n) is 3.30. The second-order valence-corrected chi connectivity index (χ2v) is 7.28. The third-order valence-electron chi connectivity index (χ3n) is 4.94. The highest BCUT2D eigenvalue weighted by Gasteiger charge is 2.27. The first-order chi connectivity index (χ1) is 14.1. The first kappa shape index (κ1) is 19.0. The van der Waals surface area contributed by atoms with E-state index >= 15 is 0 Å². The van der Waals surface area contributed by atoms with Gasteiger partial charge in [0.05, 0.1) is 6.54 Å². The molecule has 0 saturated carbocycles. The average Bonchev–Trinajstić information content (AvgIpc) is 3.37. The SMILES string of the molecule is Cc1ccc(CNC(=O)N2CCC(Oc3ccc(-c4noc(C)n4)cc3)C2)cc1. The molecule has 1 fully saturated rings. The van der Waals surface area contributed by atoms with E-state index < -0.39 is 0 Å². The van der Waals surface area contributed by atoms with Crippen LogP contribution in [0.5, 0.6) is 5.75 Å². The number of urea groups is 1. The van der Waals surface area contributed by atoms with Crippen LogP contribution in [-0.2, 0) is 6.54 Å². The van der Waals surface area contributed by atoms with Crippen molar-refractivity contribution < 1.29 is 14.1 Å². The number of hydrogen-bond donors (Lipinski definition) is 1. The molecule has 2 heterocycles. The van der Waals surface area contributed by atoms with Gasteiger partial charge >= 0.3 is 6.03 Å². The number of likely N-dealkylation sites (tertiary alicyclic amines) is 1. The smallest absolute Gasteiger partial charge is 0.317 e. The molecule has 2 aromatic carbocycles. The zero-order valence-corrected chi connectivity index (χ0v) is 16.6. The topological polar surface area (TPSA) is 80.5 Å². The number of rotatable bonds is 5. The van der Waals surface area contributed by atoms with Crippen molar-refractivity contribution in [2.45, 2.75) is 32.9 Å². The van der Waals surface area contributed by atoms with Crippen LogP contribution >= 0.6 is 0 Å². The van der Waals surface area contributed by atoms with Crippen molar-refractivity contribution in [2.24, 2.45) is 0 Å². The van der Waals surface area contributed by atoms with E-state index in [9.17, 15) is 4.79 Å². The van der Waals surface area contributed by atoms with Crippen LogP contribution in [-0.4, -0.2) is 40.3 Å². The van der Waals surface area contributed by atoms with Gasteiger partial charge in [-0.1, -0.05) is 35.0 Å². The van der Waals surface area contributed by atoms with E-state index in [0.717, 1.165) is 23.3 Å². The molecule has 0 radical (unpaired) electrons. The molecule has 1 aromatic heterocycles. The number of ether oxygens (including phenoxy) is 1. The van der Waals surface area contributed by atoms with Gasteiger partial charge in [0.2, 0.25) is 11.7 Å². The molecule has 2 amide bonds. The Bertz CT molecular complexity index is 966. The summed E-state index contributed by atoms with van der Waals surface area (Å²) in [5.74, 6) is 1.86. The van der Waals surface area contributed by atoms with Gasteiger partial charge in [-0.05, 0) is 36.8 Å². The van der Waals surface area contributed by atoms with Crippen molar-refractivity contribution in [2.75, 3.05) is 13.1 Å². The van der Waals surface area contributed by atoms with Crippen LogP contribution in [0.15, 0.2) is 53.1 Å². The first-order valence-corrected chi connectivity index (χ1v) is 9.72. The summed E-state index contributed by atoms with van der Waals surface area (Å²) >= 11 is 0. The van der Waals surface area contributed by atoms with Crippen molar-refractivity contribution >= 4 is 6.03 Å². The Hall–Kier alpha value is -3.35. The Morgan fingerprint density at radius 2 is 1.93 bits per heavy atom. The number of amides is 2. The van der Waals surface area contributed by atoms with Crippen LogP contribution in [0.3, 0.4) is 0 Å². The molecule has 4 rings (SSSR count). The van der Waals surface area contributed by atoms with Gasteiger partial charge < -0.3 is 19.5 Å². The lowest BCUT2D eigenvalue weighted by Gasteiger charge is -2.18. The van der Waals surface area contributed by atoms with E-state index in [2.05, 4.69) is 15.5 Å². The normalized spacial score (nSPS) is 16.1. The van der Waals surface area contributed by atoms with Gasteiger partial charge in [-0.3, -0.25) is 0 Å². The predicted octanol–water partition coefficient (Wildman–Crippen LogP) is 3.72. The van der Waals surface area contributed by atoms with Gasteiger partial charge in [0.15, 0.2) is 0 Å². The summed E-state index contributed by atoms with van der Waals surface area (Å²) in [7, 11) is 0. The Kier molecular flexibility index (Phi) is 5.46. The van der Waals surface area contributed by atoms with E-state index in [0.29, 0.717) is 31.3 Å². The van der Waals surface area contributed by atoms with Crippen LogP contribution in [0, 0.1) is 13.8 Å². The summed E-state index contributed by atoms with van der Waals surface area (Å²) in [6, 6.07) is 15.7. The highest BCUT2D eigenvalue weighted by molar-refractivity contribution is 5.74. The molecule has 1 atom stereocenters. The molecule has 3 aromatic rings. The zero-order valence-electron chi connectivity index (χ0n) is 16.6. The maximum Gasteiger partial charge on any atom is 0.317 e. The molecule has 0 aliphatic carbocycles. The quantitative estimate of drug-likeness (QED) is 0.716. The van der Waals surface area contributed by atoms with Crippen LogP contribution in [0.1, 0.15) is 23.4 Å². The number of benzene rings is 2. The molecule has 1 N–H and O–H groups in total. The average molecular weight is 392 g/mol. The van der Waals surface area contributed by atoms with E-state index in [1.165, 1.54) is 5.56 Å². The summed E-state index contributed by atoms with van der Waals surface area (Å²) in [5, 5.41) is 6.89. The number of aromatic nitrogens is 2. The molecule has 0 bridgehead atoms. The molecule has 7 nitrogen and oxygen atoms in total. The maximum atomic E-state index is 12.4. The number of carbonyl (C=O) groups is 1. The van der Waals surface area contributed by atoms with Crippen molar-refractivity contribution in [1.82, 2.24) is 20.4 Å². The molecule has 7 heteroatoms. The molecule has 1 aliphatic heterocycles. The molecule has 150 valence electrons. The Morgan fingerprint density at radius 1 is 1.17 bits per heavy atom. The number of aryl methyl sites for hydroxylation is 2. The minimum atomic E-state index is -0.0560. The van der Waals surface area contributed by atoms with Crippen molar-refractivity contribution in [3.05, 3.63) is 65.5 Å². The van der Waals surface area contributed by atoms with Crippen LogP contribution in [0.4, 0.5) is 4.79 Å². The Balaban J connectivity index is 1.27. The Labute approximate surface area is 169 Å². The molecule has 1 saturated heterocycles. The summed E-state index contributed by atoms with van der Waals surface area (Å²) in [5.41, 5.74) is 3.17. The van der Waals surface area contributed by atoms with Gasteiger partial charge in [0, 0.05) is 32.0 Å².